The molecule has 1 aliphatic heterocycles. The van der Waals surface area contributed by atoms with Crippen molar-refractivity contribution in [2.24, 2.45) is 12.0 Å². The van der Waals surface area contributed by atoms with Crippen LogP contribution >= 0.6 is 0 Å². The van der Waals surface area contributed by atoms with Gasteiger partial charge in [-0.2, -0.15) is 10.3 Å². The molecule has 0 bridgehead atoms. The Hall–Kier alpha value is -5.22. The highest BCUT2D eigenvalue weighted by Gasteiger charge is 2.45. The van der Waals surface area contributed by atoms with E-state index in [1.165, 1.54) is 13.2 Å². The van der Waals surface area contributed by atoms with Crippen LogP contribution in [0.3, 0.4) is 0 Å². The summed E-state index contributed by atoms with van der Waals surface area (Å²) in [6.45, 7) is 3.21. The number of imidazole rings is 1. The number of nitro groups is 1. The highest BCUT2D eigenvalue weighted by molar-refractivity contribution is 6.42. The van der Waals surface area contributed by atoms with Crippen molar-refractivity contribution in [2.75, 3.05) is 13.7 Å². The van der Waals surface area contributed by atoms with E-state index in [2.05, 4.69) is 9.98 Å². The second-order valence-corrected chi connectivity index (χ2v) is 8.15. The first-order chi connectivity index (χ1) is 18.8. The predicted octanol–water partition coefficient (Wildman–Crippen LogP) is 3.34. The molecule has 2 heterocycles. The third-order valence-corrected chi connectivity index (χ3v) is 5.59. The molecule has 4 rings (SSSR count). The van der Waals surface area contributed by atoms with E-state index in [0.29, 0.717) is 17.1 Å². The first kappa shape index (κ1) is 26.8. The smallest absolute Gasteiger partial charge is 0.364 e. The van der Waals surface area contributed by atoms with Crippen molar-refractivity contribution in [3.63, 3.8) is 0 Å². The lowest BCUT2D eigenvalue weighted by atomic mass is 10.1. The van der Waals surface area contributed by atoms with Gasteiger partial charge >= 0.3 is 17.5 Å². The molecule has 1 unspecified atom stereocenters. The maximum atomic E-state index is 12.8. The van der Waals surface area contributed by atoms with Crippen molar-refractivity contribution in [2.45, 2.75) is 20.2 Å². The lowest BCUT2D eigenvalue weighted by Gasteiger charge is -2.32. The maximum Gasteiger partial charge on any atom is 0.364 e. The van der Waals surface area contributed by atoms with Gasteiger partial charge in [0.05, 0.1) is 30.3 Å². The molecule has 2 aromatic carbocycles. The normalized spacial score (nSPS) is 14.9. The van der Waals surface area contributed by atoms with Gasteiger partial charge in [0.15, 0.2) is 0 Å². The Kier molecular flexibility index (Phi) is 7.88. The van der Waals surface area contributed by atoms with Crippen LogP contribution in [0, 0.1) is 28.4 Å². The molecule has 1 aromatic heterocycles. The van der Waals surface area contributed by atoms with Gasteiger partial charge < -0.3 is 18.8 Å². The first-order valence-electron chi connectivity index (χ1n) is 11.7. The summed E-state index contributed by atoms with van der Waals surface area (Å²) in [7, 11) is 3.08. The lowest BCUT2D eigenvalue weighted by Crippen LogP contribution is -2.46. The van der Waals surface area contributed by atoms with E-state index in [1.807, 2.05) is 23.8 Å². The van der Waals surface area contributed by atoms with Gasteiger partial charge in [-0.25, -0.2) is 14.8 Å². The fraction of sp³-hybridized carbons (Fsp3) is 0.231. The quantitative estimate of drug-likeness (QED) is 0.228. The fourth-order valence-electron chi connectivity index (χ4n) is 3.74. The number of hydroxylamine groups is 2. The average molecular weight is 533 g/mol. The van der Waals surface area contributed by atoms with Crippen molar-refractivity contribution in [3.05, 3.63) is 87.7 Å². The molecule has 200 valence electrons. The summed E-state index contributed by atoms with van der Waals surface area (Å²) >= 11 is 0. The molecule has 0 radical (unpaired) electrons. The number of rotatable bonds is 9. The highest BCUT2D eigenvalue weighted by atomic mass is 16.7. The molecule has 0 fully saturated rings. The van der Waals surface area contributed by atoms with Crippen LogP contribution in [0.25, 0.3) is 11.4 Å². The SMILES string of the molecule is CCOC(=O)C1=NC(Oc2cccc(-c3nccn3C)c2)N(OC)C(Oc2cc(C#N)ccc2C)=C1[N+](=O)[O-]. The van der Waals surface area contributed by atoms with Gasteiger partial charge in [0.25, 0.3) is 6.35 Å². The van der Waals surface area contributed by atoms with Crippen LogP contribution in [0.2, 0.25) is 0 Å². The van der Waals surface area contributed by atoms with E-state index < -0.39 is 34.5 Å². The third kappa shape index (κ3) is 5.55. The lowest BCUT2D eigenvalue weighted by molar-refractivity contribution is -0.422. The first-order valence-corrected chi connectivity index (χ1v) is 11.7. The van der Waals surface area contributed by atoms with Gasteiger partial charge in [0.2, 0.25) is 5.71 Å². The summed E-state index contributed by atoms with van der Waals surface area (Å²) < 4.78 is 18.8. The Morgan fingerprint density at radius 3 is 2.69 bits per heavy atom. The van der Waals surface area contributed by atoms with E-state index >= 15 is 0 Å². The summed E-state index contributed by atoms with van der Waals surface area (Å²) in [6.07, 6.45) is 2.02. The van der Waals surface area contributed by atoms with E-state index in [-0.39, 0.29) is 17.9 Å². The molecule has 0 spiro atoms. The van der Waals surface area contributed by atoms with Crippen molar-refractivity contribution in [3.8, 4) is 29.0 Å². The summed E-state index contributed by atoms with van der Waals surface area (Å²) in [5.41, 5.74) is 0.150. The number of benzene rings is 2. The Labute approximate surface area is 223 Å². The number of aryl methyl sites for hydroxylation is 2. The second kappa shape index (κ2) is 11.4. The van der Waals surface area contributed by atoms with E-state index in [0.717, 1.165) is 10.6 Å². The standard InChI is InChI=1S/C26H24N6O7/c1-5-37-25(33)21-22(32(34)35)24(39-20-13-17(15-27)10-9-16(20)2)31(36-4)26(29-21)38-19-8-6-7-18(14-19)23-28-11-12-30(23)3/h6-14,26H,5H2,1-4H3. The van der Waals surface area contributed by atoms with Crippen LogP contribution in [0.15, 0.2) is 71.4 Å². The van der Waals surface area contributed by atoms with Gasteiger partial charge in [-0.15, -0.1) is 0 Å². The number of esters is 1. The zero-order valence-electron chi connectivity index (χ0n) is 21.5. The number of carbonyl (C=O) groups excluding carboxylic acids is 1. The monoisotopic (exact) mass is 532 g/mol. The molecule has 1 atom stereocenters. The van der Waals surface area contributed by atoms with Gasteiger partial charge in [0, 0.05) is 25.0 Å². The fourth-order valence-corrected chi connectivity index (χ4v) is 3.74. The largest absolute Gasteiger partial charge is 0.461 e. The highest BCUT2D eigenvalue weighted by Crippen LogP contribution is 2.31. The van der Waals surface area contributed by atoms with Crippen molar-refractivity contribution in [1.82, 2.24) is 14.6 Å². The average Bonchev–Trinajstić information content (AvgIpc) is 3.35. The zero-order valence-corrected chi connectivity index (χ0v) is 21.5. The van der Waals surface area contributed by atoms with E-state index in [9.17, 15) is 20.2 Å². The molecule has 1 aliphatic rings. The molecule has 0 saturated heterocycles. The molecular formula is C26H24N6O7. The molecule has 0 N–H and O–H groups in total. The Morgan fingerprint density at radius 1 is 1.26 bits per heavy atom. The van der Waals surface area contributed by atoms with Crippen LogP contribution in [-0.2, 0) is 21.4 Å². The van der Waals surface area contributed by atoms with Crippen molar-refractivity contribution >= 4 is 11.7 Å². The van der Waals surface area contributed by atoms with Crippen LogP contribution in [-0.4, -0.2) is 51.3 Å². The van der Waals surface area contributed by atoms with Gasteiger partial charge in [-0.05, 0) is 43.7 Å². The number of aliphatic imine (C=N–C) groups is 1. The topological polar surface area (TPSA) is 154 Å². The Morgan fingerprint density at radius 2 is 2.05 bits per heavy atom. The Bertz CT molecular complexity index is 1520. The minimum Gasteiger partial charge on any atom is -0.461 e. The molecular weight excluding hydrogens is 508 g/mol. The number of carbonyl (C=O) groups is 1. The number of ether oxygens (including phenoxy) is 3. The molecule has 0 aliphatic carbocycles. The number of aromatic nitrogens is 2. The minimum atomic E-state index is -1.43. The molecule has 13 heteroatoms. The second-order valence-electron chi connectivity index (χ2n) is 8.15. The van der Waals surface area contributed by atoms with Gasteiger partial charge in [-0.1, -0.05) is 18.2 Å². The number of nitriles is 1. The molecule has 3 aromatic rings. The number of nitrogens with zero attached hydrogens (tertiary/aromatic N) is 6. The number of hydrogen-bond donors (Lipinski definition) is 0. The van der Waals surface area contributed by atoms with Gasteiger partial charge in [0.1, 0.15) is 17.3 Å². The summed E-state index contributed by atoms with van der Waals surface area (Å²) in [6, 6.07) is 13.5. The molecule has 39 heavy (non-hydrogen) atoms. The zero-order chi connectivity index (χ0) is 28.1. The van der Waals surface area contributed by atoms with E-state index in [1.54, 1.807) is 56.6 Å². The molecule has 13 nitrogen and oxygen atoms in total. The third-order valence-electron chi connectivity index (χ3n) is 5.59. The summed E-state index contributed by atoms with van der Waals surface area (Å²) in [5, 5.41) is 22.5. The number of hydrogen-bond acceptors (Lipinski definition) is 11. The van der Waals surface area contributed by atoms with E-state index in [4.69, 9.17) is 19.0 Å². The van der Waals surface area contributed by atoms with Crippen LogP contribution in [0.4, 0.5) is 0 Å². The molecule has 0 saturated carbocycles. The minimum absolute atomic E-state index is 0.0480. The maximum absolute atomic E-state index is 12.8. The van der Waals surface area contributed by atoms with Crippen LogP contribution in [0.1, 0.15) is 18.1 Å². The summed E-state index contributed by atoms with van der Waals surface area (Å²) in [5.74, 6) is -0.411. The van der Waals surface area contributed by atoms with Crippen LogP contribution < -0.4 is 9.47 Å². The Balaban J connectivity index is 1.81. The van der Waals surface area contributed by atoms with Crippen LogP contribution in [0.5, 0.6) is 11.5 Å². The predicted molar refractivity (Wildman–Crippen MR) is 137 cm³/mol. The van der Waals surface area contributed by atoms with Gasteiger partial charge in [-0.3, -0.25) is 15.0 Å². The van der Waals surface area contributed by atoms with Crippen molar-refractivity contribution in [1.29, 1.82) is 5.26 Å². The summed E-state index contributed by atoms with van der Waals surface area (Å²) in [4.78, 5) is 38.1. The van der Waals surface area contributed by atoms with Crippen molar-refractivity contribution < 1.29 is 28.8 Å². The molecule has 0 amide bonds.